The second-order valence-corrected chi connectivity index (χ2v) is 8.06. The lowest BCUT2D eigenvalue weighted by molar-refractivity contribution is 0.102. The van der Waals surface area contributed by atoms with Crippen molar-refractivity contribution in [3.05, 3.63) is 57.8 Å². The summed E-state index contributed by atoms with van der Waals surface area (Å²) in [5.41, 5.74) is 0.245. The van der Waals surface area contributed by atoms with Gasteiger partial charge in [-0.15, -0.1) is 0 Å². The maximum atomic E-state index is 14.1. The molecule has 2 aromatic rings. The normalized spacial score (nSPS) is 11.6. The fraction of sp³-hybridized carbons (Fsp3) is 0.235. The largest absolute Gasteiger partial charge is 0.321 e. The van der Waals surface area contributed by atoms with E-state index in [-0.39, 0.29) is 29.4 Å². The van der Waals surface area contributed by atoms with Gasteiger partial charge in [0.25, 0.3) is 5.91 Å². The molecule has 0 atom stereocenters. The number of benzene rings is 2. The number of halogens is 3. The number of nitrogens with one attached hydrogen (secondary N) is 1. The van der Waals surface area contributed by atoms with E-state index in [1.165, 1.54) is 18.2 Å². The Hall–Kier alpha value is -1.67. The summed E-state index contributed by atoms with van der Waals surface area (Å²) in [4.78, 5) is 11.9. The van der Waals surface area contributed by atoms with Crippen LogP contribution in [-0.4, -0.2) is 31.7 Å². The van der Waals surface area contributed by atoms with Gasteiger partial charge in [0.05, 0.1) is 10.7 Å². The summed E-state index contributed by atoms with van der Waals surface area (Å²) >= 11 is 11.9. The van der Waals surface area contributed by atoms with Crippen molar-refractivity contribution in [3.63, 3.8) is 0 Å². The second kappa shape index (κ2) is 8.35. The van der Waals surface area contributed by atoms with Gasteiger partial charge in [0.15, 0.2) is 0 Å². The van der Waals surface area contributed by atoms with Crippen LogP contribution in [0.15, 0.2) is 41.3 Å². The highest BCUT2D eigenvalue weighted by atomic mass is 35.5. The van der Waals surface area contributed by atoms with Crippen molar-refractivity contribution >= 4 is 44.8 Å². The molecule has 1 amide bonds. The standard InChI is InChI=1S/C17H17Cl2FN2O3S/c1-3-22(4-2)26(24,25)16-9-11(5-8-14(16)20)17(23)21-15-10-12(18)6-7-13(15)19/h5-10H,3-4H2,1-2H3,(H,21,23). The van der Waals surface area contributed by atoms with Gasteiger partial charge in [-0.3, -0.25) is 4.79 Å². The highest BCUT2D eigenvalue weighted by Crippen LogP contribution is 2.27. The molecule has 0 saturated carbocycles. The molecule has 2 aromatic carbocycles. The molecular formula is C17H17Cl2FN2O3S. The Morgan fingerprint density at radius 2 is 1.77 bits per heavy atom. The molecule has 0 aliphatic carbocycles. The fourth-order valence-corrected chi connectivity index (χ4v) is 4.22. The molecule has 0 aliphatic rings. The number of anilines is 1. The predicted octanol–water partition coefficient (Wildman–Crippen LogP) is 4.42. The van der Waals surface area contributed by atoms with Gasteiger partial charge >= 0.3 is 0 Å². The van der Waals surface area contributed by atoms with Gasteiger partial charge in [-0.1, -0.05) is 37.0 Å². The molecule has 0 aromatic heterocycles. The van der Waals surface area contributed by atoms with Gasteiger partial charge in [-0.2, -0.15) is 4.31 Å². The van der Waals surface area contributed by atoms with Crippen LogP contribution in [0.5, 0.6) is 0 Å². The third-order valence-electron chi connectivity index (χ3n) is 3.69. The van der Waals surface area contributed by atoms with Crippen LogP contribution < -0.4 is 5.32 Å². The van der Waals surface area contributed by atoms with Gasteiger partial charge in [-0.05, 0) is 36.4 Å². The van der Waals surface area contributed by atoms with Gasteiger partial charge < -0.3 is 5.32 Å². The topological polar surface area (TPSA) is 66.5 Å². The quantitative estimate of drug-likeness (QED) is 0.754. The summed E-state index contributed by atoms with van der Waals surface area (Å²) < 4.78 is 40.4. The zero-order valence-electron chi connectivity index (χ0n) is 14.1. The van der Waals surface area contributed by atoms with E-state index >= 15 is 0 Å². The molecule has 1 N–H and O–H groups in total. The van der Waals surface area contributed by atoms with Crippen LogP contribution in [0.2, 0.25) is 10.0 Å². The first-order chi connectivity index (χ1) is 12.2. The summed E-state index contributed by atoms with van der Waals surface area (Å²) in [5.74, 6) is -1.56. The fourth-order valence-electron chi connectivity index (χ4n) is 2.33. The zero-order chi connectivity index (χ0) is 19.5. The number of hydrogen-bond acceptors (Lipinski definition) is 3. The molecule has 0 spiro atoms. The number of sulfonamides is 1. The minimum atomic E-state index is -4.04. The number of carbonyl (C=O) groups excluding carboxylic acids is 1. The van der Waals surface area contributed by atoms with Crippen LogP contribution in [0.3, 0.4) is 0 Å². The molecule has 0 radical (unpaired) electrons. The Labute approximate surface area is 161 Å². The maximum Gasteiger partial charge on any atom is 0.255 e. The first-order valence-electron chi connectivity index (χ1n) is 7.76. The van der Waals surface area contributed by atoms with Crippen LogP contribution in [0.25, 0.3) is 0 Å². The van der Waals surface area contributed by atoms with Crippen molar-refractivity contribution in [2.75, 3.05) is 18.4 Å². The van der Waals surface area contributed by atoms with Gasteiger partial charge in [-0.25, -0.2) is 12.8 Å². The van der Waals surface area contributed by atoms with E-state index in [9.17, 15) is 17.6 Å². The van der Waals surface area contributed by atoms with Crippen molar-refractivity contribution in [2.45, 2.75) is 18.7 Å². The van der Waals surface area contributed by atoms with Crippen LogP contribution in [0.1, 0.15) is 24.2 Å². The molecule has 0 fully saturated rings. The summed E-state index contributed by atoms with van der Waals surface area (Å²) in [6.45, 7) is 3.67. The first kappa shape index (κ1) is 20.6. The van der Waals surface area contributed by atoms with Gasteiger partial charge in [0.1, 0.15) is 10.7 Å². The lowest BCUT2D eigenvalue weighted by atomic mass is 10.2. The van der Waals surface area contributed by atoms with E-state index in [0.29, 0.717) is 5.02 Å². The van der Waals surface area contributed by atoms with E-state index in [1.807, 2.05) is 0 Å². The van der Waals surface area contributed by atoms with Crippen LogP contribution in [0, 0.1) is 5.82 Å². The molecule has 140 valence electrons. The first-order valence-corrected chi connectivity index (χ1v) is 9.96. The summed E-state index contributed by atoms with van der Waals surface area (Å²) in [6, 6.07) is 7.69. The van der Waals surface area contributed by atoms with E-state index in [2.05, 4.69) is 5.32 Å². The summed E-state index contributed by atoms with van der Waals surface area (Å²) in [6.07, 6.45) is 0. The number of nitrogens with zero attached hydrogens (tertiary/aromatic N) is 1. The zero-order valence-corrected chi connectivity index (χ0v) is 16.4. The molecule has 9 heteroatoms. The van der Waals surface area contributed by atoms with Gasteiger partial charge in [0.2, 0.25) is 10.0 Å². The van der Waals surface area contributed by atoms with Crippen LogP contribution in [0.4, 0.5) is 10.1 Å². The Morgan fingerprint density at radius 1 is 1.12 bits per heavy atom. The lowest BCUT2D eigenvalue weighted by Crippen LogP contribution is -2.31. The Morgan fingerprint density at radius 3 is 2.38 bits per heavy atom. The smallest absolute Gasteiger partial charge is 0.255 e. The number of carbonyl (C=O) groups is 1. The minimum Gasteiger partial charge on any atom is -0.321 e. The van der Waals surface area contributed by atoms with E-state index < -0.39 is 26.6 Å². The highest BCUT2D eigenvalue weighted by molar-refractivity contribution is 7.89. The Balaban J connectivity index is 2.40. The number of hydrogen-bond donors (Lipinski definition) is 1. The van der Waals surface area contributed by atoms with Crippen molar-refractivity contribution in [3.8, 4) is 0 Å². The predicted molar refractivity (Wildman–Crippen MR) is 101 cm³/mol. The third-order valence-corrected chi connectivity index (χ3v) is 6.32. The van der Waals surface area contributed by atoms with Crippen LogP contribution >= 0.6 is 23.2 Å². The third kappa shape index (κ3) is 4.35. The summed E-state index contributed by atoms with van der Waals surface area (Å²) in [7, 11) is -4.04. The molecule has 5 nitrogen and oxygen atoms in total. The van der Waals surface area contributed by atoms with Crippen LogP contribution in [-0.2, 0) is 10.0 Å². The average molecular weight is 419 g/mol. The van der Waals surface area contributed by atoms with Crippen molar-refractivity contribution in [1.29, 1.82) is 0 Å². The molecule has 0 saturated heterocycles. The molecule has 2 rings (SSSR count). The number of rotatable bonds is 6. The SMILES string of the molecule is CCN(CC)S(=O)(=O)c1cc(C(=O)Nc2cc(Cl)ccc2Cl)ccc1F. The molecule has 0 aliphatic heterocycles. The van der Waals surface area contributed by atoms with Gasteiger partial charge in [0, 0.05) is 23.7 Å². The Kier molecular flexibility index (Phi) is 6.63. The molecule has 0 heterocycles. The Bertz CT molecular complexity index is 932. The van der Waals surface area contributed by atoms with Crippen molar-refractivity contribution in [1.82, 2.24) is 4.31 Å². The minimum absolute atomic E-state index is 0.0202. The molecule has 26 heavy (non-hydrogen) atoms. The second-order valence-electron chi connectivity index (χ2n) is 5.31. The monoisotopic (exact) mass is 418 g/mol. The van der Waals surface area contributed by atoms with E-state index in [1.54, 1.807) is 19.9 Å². The number of amides is 1. The molecule has 0 bridgehead atoms. The molecule has 0 unspecified atom stereocenters. The van der Waals surface area contributed by atoms with Crippen molar-refractivity contribution < 1.29 is 17.6 Å². The van der Waals surface area contributed by atoms with E-state index in [4.69, 9.17) is 23.2 Å². The highest BCUT2D eigenvalue weighted by Gasteiger charge is 2.26. The van der Waals surface area contributed by atoms with Crippen molar-refractivity contribution in [2.24, 2.45) is 0 Å². The molecular weight excluding hydrogens is 402 g/mol. The summed E-state index contributed by atoms with van der Waals surface area (Å²) in [5, 5.41) is 3.17. The lowest BCUT2D eigenvalue weighted by Gasteiger charge is -2.19. The van der Waals surface area contributed by atoms with E-state index in [0.717, 1.165) is 16.4 Å². The maximum absolute atomic E-state index is 14.1. The average Bonchev–Trinajstić information content (AvgIpc) is 2.59.